The van der Waals surface area contributed by atoms with Gasteiger partial charge >= 0.3 is 0 Å². The highest BCUT2D eigenvalue weighted by Gasteiger charge is 2.20. The van der Waals surface area contributed by atoms with E-state index in [0.717, 1.165) is 0 Å². The normalized spacial score (nSPS) is 15.4. The molecule has 4 rings (SSSR count). The Labute approximate surface area is 131 Å². The lowest BCUT2D eigenvalue weighted by Crippen LogP contribution is -1.91. The van der Waals surface area contributed by atoms with Crippen LogP contribution in [0.2, 0.25) is 0 Å². The minimum atomic E-state index is 0.309. The summed E-state index contributed by atoms with van der Waals surface area (Å²) in [4.78, 5) is 3.36. The van der Waals surface area contributed by atoms with Crippen molar-refractivity contribution in [3.63, 3.8) is 0 Å². The monoisotopic (exact) mass is 342 g/mol. The van der Waals surface area contributed by atoms with E-state index in [2.05, 4.69) is 64.5 Å². The molecule has 0 N–H and O–H groups in total. The van der Waals surface area contributed by atoms with Crippen LogP contribution < -0.4 is 0 Å². The number of aryl methyl sites for hydroxylation is 2. The Morgan fingerprint density at radius 3 is 2.75 bits per heavy atom. The lowest BCUT2D eigenvalue weighted by Gasteiger charge is -2.12. The molecular weight excluding hydrogens is 328 g/mol. The highest BCUT2D eigenvalue weighted by Crippen LogP contribution is 2.41. The summed E-state index contributed by atoms with van der Waals surface area (Å²) < 4.78 is 0. The van der Waals surface area contributed by atoms with Gasteiger partial charge in [0.25, 0.3) is 0 Å². The van der Waals surface area contributed by atoms with Crippen LogP contribution in [0.5, 0.6) is 0 Å². The third kappa shape index (κ3) is 2.02. The summed E-state index contributed by atoms with van der Waals surface area (Å²) in [7, 11) is 0. The number of alkyl halides is 1. The van der Waals surface area contributed by atoms with Gasteiger partial charge in [0, 0.05) is 9.75 Å². The van der Waals surface area contributed by atoms with Crippen LogP contribution in [0.4, 0.5) is 0 Å². The minimum absolute atomic E-state index is 0.309. The quantitative estimate of drug-likeness (QED) is 0.510. The van der Waals surface area contributed by atoms with Gasteiger partial charge in [-0.05, 0) is 47.2 Å². The molecule has 0 amide bonds. The molecule has 0 bridgehead atoms. The maximum absolute atomic E-state index is 3.93. The molecule has 20 heavy (non-hydrogen) atoms. The van der Waals surface area contributed by atoms with Crippen LogP contribution in [0.25, 0.3) is 10.8 Å². The molecule has 0 saturated carbocycles. The molecule has 0 aliphatic heterocycles. The van der Waals surface area contributed by atoms with Crippen molar-refractivity contribution in [1.29, 1.82) is 0 Å². The molecule has 0 saturated heterocycles. The number of fused-ring (bicyclic) bond motifs is 2. The van der Waals surface area contributed by atoms with Crippen LogP contribution in [-0.2, 0) is 12.8 Å². The van der Waals surface area contributed by atoms with Gasteiger partial charge in [-0.25, -0.2) is 0 Å². The Kier molecular flexibility index (Phi) is 3.16. The zero-order valence-corrected chi connectivity index (χ0v) is 13.5. The Hall–Kier alpha value is -1.12. The van der Waals surface area contributed by atoms with Crippen molar-refractivity contribution in [2.45, 2.75) is 24.1 Å². The summed E-state index contributed by atoms with van der Waals surface area (Å²) in [6, 6.07) is 17.6. The molecule has 3 aromatic rings. The number of benzene rings is 2. The smallest absolute Gasteiger partial charge is 0.0744 e. The number of halogens is 1. The standard InChI is InChI=1S/C18H15BrS/c19-18(17-11-13-7-4-10-16(13)20-17)15-9-3-6-12-5-1-2-8-14(12)15/h1-3,5-6,8-9,11,18H,4,7,10H2. The lowest BCUT2D eigenvalue weighted by atomic mass is 10.0. The molecule has 0 radical (unpaired) electrons. The summed E-state index contributed by atoms with van der Waals surface area (Å²) in [6.45, 7) is 0. The lowest BCUT2D eigenvalue weighted by molar-refractivity contribution is 0.913. The predicted molar refractivity (Wildman–Crippen MR) is 91.1 cm³/mol. The number of hydrogen-bond donors (Lipinski definition) is 0. The summed E-state index contributed by atoms with van der Waals surface area (Å²) in [5, 5.41) is 2.67. The largest absolute Gasteiger partial charge is 0.144 e. The summed E-state index contributed by atoms with van der Waals surface area (Å²) in [5.74, 6) is 0. The predicted octanol–water partition coefficient (Wildman–Crippen LogP) is 5.87. The van der Waals surface area contributed by atoms with Crippen LogP contribution in [-0.4, -0.2) is 0 Å². The molecule has 1 heterocycles. The Balaban J connectivity index is 1.81. The fraction of sp³-hybridized carbons (Fsp3) is 0.222. The van der Waals surface area contributed by atoms with Gasteiger partial charge in [0.2, 0.25) is 0 Å². The molecule has 1 atom stereocenters. The fourth-order valence-electron chi connectivity index (χ4n) is 3.10. The highest BCUT2D eigenvalue weighted by molar-refractivity contribution is 9.09. The Morgan fingerprint density at radius 2 is 1.85 bits per heavy atom. The van der Waals surface area contributed by atoms with E-state index in [1.807, 2.05) is 11.3 Å². The first-order valence-corrected chi connectivity index (χ1v) is 8.79. The third-order valence-corrected chi connectivity index (χ3v) is 6.70. The molecule has 1 unspecified atom stereocenters. The SMILES string of the molecule is BrC(c1cc2c(s1)CCC2)c1cccc2ccccc12. The van der Waals surface area contributed by atoms with E-state index in [0.29, 0.717) is 4.83 Å². The van der Waals surface area contributed by atoms with E-state index in [1.165, 1.54) is 40.5 Å². The zero-order chi connectivity index (χ0) is 13.5. The summed E-state index contributed by atoms with van der Waals surface area (Å²) in [6.07, 6.45) is 3.87. The van der Waals surface area contributed by atoms with Crippen molar-refractivity contribution in [3.8, 4) is 0 Å². The molecule has 1 aliphatic rings. The van der Waals surface area contributed by atoms with Gasteiger partial charge in [0.15, 0.2) is 0 Å². The van der Waals surface area contributed by atoms with Gasteiger partial charge in [0.05, 0.1) is 4.83 Å². The van der Waals surface area contributed by atoms with Crippen molar-refractivity contribution < 1.29 is 0 Å². The van der Waals surface area contributed by atoms with Gasteiger partial charge in [-0.2, -0.15) is 0 Å². The molecule has 100 valence electrons. The topological polar surface area (TPSA) is 0 Å². The molecule has 0 spiro atoms. The summed E-state index contributed by atoms with van der Waals surface area (Å²) >= 11 is 5.91. The second-order valence-electron chi connectivity index (χ2n) is 5.38. The van der Waals surface area contributed by atoms with Gasteiger partial charge in [-0.15, -0.1) is 11.3 Å². The van der Waals surface area contributed by atoms with Crippen molar-refractivity contribution in [1.82, 2.24) is 0 Å². The fourth-order valence-corrected chi connectivity index (χ4v) is 5.17. The first kappa shape index (κ1) is 12.6. The molecule has 0 nitrogen and oxygen atoms in total. The van der Waals surface area contributed by atoms with Crippen molar-refractivity contribution in [2.75, 3.05) is 0 Å². The van der Waals surface area contributed by atoms with Crippen molar-refractivity contribution in [3.05, 3.63) is 69.4 Å². The zero-order valence-electron chi connectivity index (χ0n) is 11.1. The first-order valence-electron chi connectivity index (χ1n) is 7.06. The van der Waals surface area contributed by atoms with E-state index >= 15 is 0 Å². The second kappa shape index (κ2) is 5.01. The van der Waals surface area contributed by atoms with Crippen LogP contribution in [0, 0.1) is 0 Å². The number of thiophene rings is 1. The number of hydrogen-bond acceptors (Lipinski definition) is 1. The van der Waals surface area contributed by atoms with Crippen molar-refractivity contribution >= 4 is 38.0 Å². The first-order chi connectivity index (χ1) is 9.83. The van der Waals surface area contributed by atoms with Gasteiger partial charge in [-0.3, -0.25) is 0 Å². The van der Waals surface area contributed by atoms with E-state index in [9.17, 15) is 0 Å². The van der Waals surface area contributed by atoms with E-state index in [4.69, 9.17) is 0 Å². The molecular formula is C18H15BrS. The average Bonchev–Trinajstić information content (AvgIpc) is 3.07. The summed E-state index contributed by atoms with van der Waals surface area (Å²) in [5.41, 5.74) is 2.96. The van der Waals surface area contributed by atoms with Crippen LogP contribution in [0.15, 0.2) is 48.5 Å². The minimum Gasteiger partial charge on any atom is -0.144 e. The van der Waals surface area contributed by atoms with E-state index < -0.39 is 0 Å². The van der Waals surface area contributed by atoms with Gasteiger partial charge in [0.1, 0.15) is 0 Å². The molecule has 1 aromatic heterocycles. The second-order valence-corrected chi connectivity index (χ2v) is 7.47. The molecule has 0 fully saturated rings. The van der Waals surface area contributed by atoms with Crippen LogP contribution in [0.1, 0.15) is 32.1 Å². The van der Waals surface area contributed by atoms with E-state index in [-0.39, 0.29) is 0 Å². The highest BCUT2D eigenvalue weighted by atomic mass is 79.9. The maximum Gasteiger partial charge on any atom is 0.0744 e. The third-order valence-electron chi connectivity index (χ3n) is 4.11. The molecule has 2 heteroatoms. The van der Waals surface area contributed by atoms with Crippen molar-refractivity contribution in [2.24, 2.45) is 0 Å². The number of rotatable bonds is 2. The van der Waals surface area contributed by atoms with Gasteiger partial charge < -0.3 is 0 Å². The molecule has 2 aromatic carbocycles. The van der Waals surface area contributed by atoms with E-state index in [1.54, 1.807) is 10.4 Å². The maximum atomic E-state index is 3.93. The Morgan fingerprint density at radius 1 is 1.00 bits per heavy atom. The average molecular weight is 343 g/mol. The molecule has 1 aliphatic carbocycles. The van der Waals surface area contributed by atoms with Gasteiger partial charge in [-0.1, -0.05) is 58.4 Å². The van der Waals surface area contributed by atoms with Crippen LogP contribution >= 0.6 is 27.3 Å². The Bertz CT molecular complexity index is 745. The van der Waals surface area contributed by atoms with Crippen LogP contribution in [0.3, 0.4) is 0 Å².